The van der Waals surface area contributed by atoms with Gasteiger partial charge in [0, 0.05) is 1.43 Å². The molecule has 0 N–H and O–H groups in total. The molecule has 1 aromatic carbocycles. The molecule has 0 heterocycles. The Bertz CT molecular complexity index is 342. The lowest BCUT2D eigenvalue weighted by atomic mass is 9.78. The largest absolute Gasteiger partial charge is 0.0914 e. The third kappa shape index (κ3) is 2.75. The molecule has 16 heavy (non-hydrogen) atoms. The number of hydrogen-bond donors (Lipinski definition) is 0. The zero-order chi connectivity index (χ0) is 11.4. The van der Waals surface area contributed by atoms with E-state index in [9.17, 15) is 0 Å². The first-order valence-electron chi connectivity index (χ1n) is 6.49. The van der Waals surface area contributed by atoms with E-state index in [1.54, 1.807) is 5.56 Å². The third-order valence-corrected chi connectivity index (χ3v) is 3.79. The molecule has 0 bridgehead atoms. The predicted molar refractivity (Wildman–Crippen MR) is 72.8 cm³/mol. The monoisotopic (exact) mass is 216 g/mol. The molecule has 0 atom stereocenters. The Hall–Kier alpha value is -1.04. The van der Waals surface area contributed by atoms with Crippen LogP contribution in [0.4, 0.5) is 0 Å². The Balaban J connectivity index is 0.00000144. The smallest absolute Gasteiger partial charge is 0 e. The van der Waals surface area contributed by atoms with Crippen LogP contribution in [0.3, 0.4) is 0 Å². The molecule has 1 saturated carbocycles. The highest BCUT2D eigenvalue weighted by Gasteiger charge is 2.20. The number of allylic oxidation sites excluding steroid dienone is 2. The molecule has 1 aromatic rings. The minimum absolute atomic E-state index is 0. The Morgan fingerprint density at radius 2 is 1.69 bits per heavy atom. The summed E-state index contributed by atoms with van der Waals surface area (Å²) in [5, 5.41) is 0. The Morgan fingerprint density at radius 3 is 2.25 bits per heavy atom. The predicted octanol–water partition coefficient (Wildman–Crippen LogP) is 5.09. The quantitative estimate of drug-likeness (QED) is 0.604. The molecule has 0 amide bonds. The maximum atomic E-state index is 2.38. The van der Waals surface area contributed by atoms with E-state index in [2.05, 4.69) is 50.3 Å². The molecule has 0 saturated heterocycles. The number of benzene rings is 1. The third-order valence-electron chi connectivity index (χ3n) is 3.79. The highest BCUT2D eigenvalue weighted by atomic mass is 14.2. The summed E-state index contributed by atoms with van der Waals surface area (Å²) in [6.45, 7) is 4.29. The van der Waals surface area contributed by atoms with E-state index >= 15 is 0 Å². The molecule has 0 nitrogen and oxygen atoms in total. The number of hydrogen-bond acceptors (Lipinski definition) is 0. The van der Waals surface area contributed by atoms with Crippen LogP contribution in [-0.4, -0.2) is 0 Å². The standard InChI is InChI=1S/C16H22.H2/c1-3-4-14-7-11-16(12-8-14)15-9-5-13(2)6-10-15;/h3-6,9-10,14,16H,7-8,11-12H2,1-2H3;1H/b4-3+;. The second-order valence-electron chi connectivity index (χ2n) is 5.05. The summed E-state index contributed by atoms with van der Waals surface area (Å²) in [5.74, 6) is 1.65. The van der Waals surface area contributed by atoms with Crippen LogP contribution in [0.5, 0.6) is 0 Å². The summed E-state index contributed by atoms with van der Waals surface area (Å²) < 4.78 is 0. The maximum absolute atomic E-state index is 2.38. The Labute approximate surface area is 101 Å². The van der Waals surface area contributed by atoms with Gasteiger partial charge in [-0.15, -0.1) is 0 Å². The second-order valence-corrected chi connectivity index (χ2v) is 5.05. The van der Waals surface area contributed by atoms with Gasteiger partial charge in [-0.1, -0.05) is 42.0 Å². The SMILES string of the molecule is C/C=C/C1CCC(c2ccc(C)cc2)CC1.[HH]. The normalized spacial score (nSPS) is 26.1. The van der Waals surface area contributed by atoms with Crippen LogP contribution >= 0.6 is 0 Å². The molecule has 0 unspecified atom stereocenters. The first-order chi connectivity index (χ1) is 7.79. The topological polar surface area (TPSA) is 0 Å². The average Bonchev–Trinajstić information content (AvgIpc) is 2.32. The molecule has 0 aliphatic heterocycles. The summed E-state index contributed by atoms with van der Waals surface area (Å²) in [6.07, 6.45) is 10.0. The van der Waals surface area contributed by atoms with Crippen molar-refractivity contribution >= 4 is 0 Å². The van der Waals surface area contributed by atoms with Crippen molar-refractivity contribution < 1.29 is 1.43 Å². The van der Waals surface area contributed by atoms with E-state index in [0.717, 1.165) is 11.8 Å². The Morgan fingerprint density at radius 1 is 1.06 bits per heavy atom. The summed E-state index contributed by atoms with van der Waals surface area (Å²) >= 11 is 0. The van der Waals surface area contributed by atoms with E-state index in [1.807, 2.05) is 0 Å². The van der Waals surface area contributed by atoms with Crippen molar-refractivity contribution in [3.05, 3.63) is 47.5 Å². The fourth-order valence-electron chi connectivity index (χ4n) is 2.76. The average molecular weight is 216 g/mol. The molecule has 2 rings (SSSR count). The molecule has 0 radical (unpaired) electrons. The lowest BCUT2D eigenvalue weighted by molar-refractivity contribution is 0.375. The minimum atomic E-state index is 0. The van der Waals surface area contributed by atoms with E-state index in [4.69, 9.17) is 0 Å². The van der Waals surface area contributed by atoms with Crippen molar-refractivity contribution in [2.75, 3.05) is 0 Å². The van der Waals surface area contributed by atoms with Crippen LogP contribution in [0.2, 0.25) is 0 Å². The molecule has 0 aromatic heterocycles. The number of aryl methyl sites for hydroxylation is 1. The molecule has 1 fully saturated rings. The zero-order valence-corrected chi connectivity index (χ0v) is 10.4. The van der Waals surface area contributed by atoms with Crippen molar-refractivity contribution in [2.45, 2.75) is 45.4 Å². The van der Waals surface area contributed by atoms with Gasteiger partial charge in [0.1, 0.15) is 0 Å². The Kier molecular flexibility index (Phi) is 3.82. The molecular formula is C16H24. The van der Waals surface area contributed by atoms with Crippen molar-refractivity contribution in [3.63, 3.8) is 0 Å². The molecule has 88 valence electrons. The molecular weight excluding hydrogens is 192 g/mol. The van der Waals surface area contributed by atoms with Crippen molar-refractivity contribution in [1.29, 1.82) is 0 Å². The second kappa shape index (κ2) is 5.34. The van der Waals surface area contributed by atoms with Crippen LogP contribution < -0.4 is 0 Å². The van der Waals surface area contributed by atoms with E-state index in [1.165, 1.54) is 31.2 Å². The van der Waals surface area contributed by atoms with Crippen LogP contribution in [0.1, 0.15) is 51.1 Å². The van der Waals surface area contributed by atoms with Gasteiger partial charge in [0.05, 0.1) is 0 Å². The fourth-order valence-corrected chi connectivity index (χ4v) is 2.76. The molecule has 0 spiro atoms. The maximum Gasteiger partial charge on any atom is 0 e. The van der Waals surface area contributed by atoms with Crippen LogP contribution in [0.15, 0.2) is 36.4 Å². The molecule has 1 aliphatic carbocycles. The minimum Gasteiger partial charge on any atom is -0.0914 e. The summed E-state index contributed by atoms with van der Waals surface area (Å²) in [4.78, 5) is 0. The van der Waals surface area contributed by atoms with Crippen molar-refractivity contribution in [2.24, 2.45) is 5.92 Å². The first kappa shape index (κ1) is 11.4. The summed E-state index contributed by atoms with van der Waals surface area (Å²) in [7, 11) is 0. The van der Waals surface area contributed by atoms with Crippen molar-refractivity contribution in [1.82, 2.24) is 0 Å². The van der Waals surface area contributed by atoms with E-state index in [0.29, 0.717) is 0 Å². The number of rotatable bonds is 2. The zero-order valence-electron chi connectivity index (χ0n) is 10.4. The van der Waals surface area contributed by atoms with Gasteiger partial charge in [-0.05, 0) is 56.9 Å². The fraction of sp³-hybridized carbons (Fsp3) is 0.500. The van der Waals surface area contributed by atoms with Crippen LogP contribution in [0, 0.1) is 12.8 Å². The molecule has 1 aliphatic rings. The van der Waals surface area contributed by atoms with Gasteiger partial charge in [0.25, 0.3) is 0 Å². The van der Waals surface area contributed by atoms with Gasteiger partial charge < -0.3 is 0 Å². The highest BCUT2D eigenvalue weighted by molar-refractivity contribution is 5.24. The van der Waals surface area contributed by atoms with Gasteiger partial charge in [-0.25, -0.2) is 0 Å². The van der Waals surface area contributed by atoms with Crippen LogP contribution in [0.25, 0.3) is 0 Å². The van der Waals surface area contributed by atoms with Gasteiger partial charge in [-0.3, -0.25) is 0 Å². The van der Waals surface area contributed by atoms with Gasteiger partial charge in [-0.2, -0.15) is 0 Å². The van der Waals surface area contributed by atoms with Gasteiger partial charge in [0.2, 0.25) is 0 Å². The van der Waals surface area contributed by atoms with E-state index < -0.39 is 0 Å². The van der Waals surface area contributed by atoms with Crippen molar-refractivity contribution in [3.8, 4) is 0 Å². The van der Waals surface area contributed by atoms with Crippen LogP contribution in [-0.2, 0) is 0 Å². The van der Waals surface area contributed by atoms with E-state index in [-0.39, 0.29) is 1.43 Å². The highest BCUT2D eigenvalue weighted by Crippen LogP contribution is 2.36. The summed E-state index contributed by atoms with van der Waals surface area (Å²) in [6, 6.07) is 9.12. The summed E-state index contributed by atoms with van der Waals surface area (Å²) in [5.41, 5.74) is 2.91. The lowest BCUT2D eigenvalue weighted by Gasteiger charge is -2.27. The molecule has 0 heteroatoms. The first-order valence-corrected chi connectivity index (χ1v) is 6.49. The van der Waals surface area contributed by atoms with Gasteiger partial charge >= 0.3 is 0 Å². The lowest BCUT2D eigenvalue weighted by Crippen LogP contribution is -2.11. The van der Waals surface area contributed by atoms with Gasteiger partial charge in [0.15, 0.2) is 0 Å².